The molecule has 19 heavy (non-hydrogen) atoms. The minimum atomic E-state index is -4.00. The molecule has 0 aliphatic carbocycles. The topological polar surface area (TPSA) is 15.3 Å². The molecule has 0 aromatic heterocycles. The summed E-state index contributed by atoms with van der Waals surface area (Å²) >= 11 is 0. The van der Waals surface area contributed by atoms with E-state index in [4.69, 9.17) is 0 Å². The molecule has 0 aromatic carbocycles. The highest BCUT2D eigenvalue weighted by Crippen LogP contribution is 2.34. The van der Waals surface area contributed by atoms with Crippen molar-refractivity contribution in [3.8, 4) is 0 Å². The molecule has 0 saturated carbocycles. The molecule has 2 nitrogen and oxygen atoms in total. The van der Waals surface area contributed by atoms with Crippen molar-refractivity contribution >= 4 is 0 Å². The van der Waals surface area contributed by atoms with E-state index < -0.39 is 12.1 Å². The van der Waals surface area contributed by atoms with Crippen molar-refractivity contribution in [3.63, 3.8) is 0 Å². The van der Waals surface area contributed by atoms with Crippen molar-refractivity contribution in [2.75, 3.05) is 26.2 Å². The third-order valence-corrected chi connectivity index (χ3v) is 3.90. The molecule has 1 N–H and O–H groups in total. The van der Waals surface area contributed by atoms with E-state index in [1.165, 1.54) is 0 Å². The minimum absolute atomic E-state index is 0.271. The van der Waals surface area contributed by atoms with Crippen LogP contribution in [0, 0.1) is 5.92 Å². The molecule has 0 bridgehead atoms. The largest absolute Gasteiger partial charge is 0.391 e. The Morgan fingerprint density at radius 1 is 1.26 bits per heavy atom. The van der Waals surface area contributed by atoms with Gasteiger partial charge in [-0.1, -0.05) is 6.92 Å². The highest BCUT2D eigenvalue weighted by molar-refractivity contribution is 4.77. The standard InChI is InChI=1S/C14H27F3N2/c1-3-8-18-12(2)5-4-9-19-10-6-13(7-11-19)14(15,16)17/h12-13,18H,3-11H2,1-2H3. The first-order valence-electron chi connectivity index (χ1n) is 7.46. The Morgan fingerprint density at radius 2 is 1.89 bits per heavy atom. The van der Waals surface area contributed by atoms with Gasteiger partial charge in [-0.2, -0.15) is 13.2 Å². The van der Waals surface area contributed by atoms with Gasteiger partial charge in [0.05, 0.1) is 5.92 Å². The van der Waals surface area contributed by atoms with E-state index in [1.54, 1.807) is 0 Å². The van der Waals surface area contributed by atoms with Crippen LogP contribution in [0.3, 0.4) is 0 Å². The molecule has 1 aliphatic heterocycles. The number of nitrogens with zero attached hydrogens (tertiary/aromatic N) is 1. The molecule has 0 radical (unpaired) electrons. The van der Waals surface area contributed by atoms with Crippen LogP contribution in [-0.4, -0.2) is 43.3 Å². The molecule has 1 aliphatic rings. The number of nitrogens with one attached hydrogen (secondary N) is 1. The van der Waals surface area contributed by atoms with Crippen LogP contribution in [0.5, 0.6) is 0 Å². The normalized spacial score (nSPS) is 20.7. The van der Waals surface area contributed by atoms with Gasteiger partial charge in [0.15, 0.2) is 0 Å². The SMILES string of the molecule is CCCNC(C)CCCN1CCC(C(F)(F)F)CC1. The molecule has 5 heteroatoms. The lowest BCUT2D eigenvalue weighted by Gasteiger charge is -2.33. The second-order valence-corrected chi connectivity index (χ2v) is 5.65. The summed E-state index contributed by atoms with van der Waals surface area (Å²) in [5.74, 6) is -1.08. The summed E-state index contributed by atoms with van der Waals surface area (Å²) in [6, 6.07) is 0.507. The lowest BCUT2D eigenvalue weighted by atomic mass is 9.96. The van der Waals surface area contributed by atoms with Crippen molar-refractivity contribution in [1.82, 2.24) is 10.2 Å². The van der Waals surface area contributed by atoms with E-state index in [2.05, 4.69) is 24.1 Å². The Labute approximate surface area is 114 Å². The van der Waals surface area contributed by atoms with Gasteiger partial charge in [-0.25, -0.2) is 0 Å². The zero-order valence-corrected chi connectivity index (χ0v) is 12.1. The van der Waals surface area contributed by atoms with Crippen molar-refractivity contribution in [2.45, 2.75) is 58.2 Å². The fourth-order valence-electron chi connectivity index (χ4n) is 2.60. The molecule has 0 spiro atoms. The van der Waals surface area contributed by atoms with Crippen LogP contribution < -0.4 is 5.32 Å². The monoisotopic (exact) mass is 280 g/mol. The van der Waals surface area contributed by atoms with Crippen LogP contribution in [0.25, 0.3) is 0 Å². The van der Waals surface area contributed by atoms with Crippen LogP contribution in [-0.2, 0) is 0 Å². The van der Waals surface area contributed by atoms with E-state index in [1.807, 2.05) is 0 Å². The average molecular weight is 280 g/mol. The van der Waals surface area contributed by atoms with Crippen molar-refractivity contribution in [3.05, 3.63) is 0 Å². The summed E-state index contributed by atoms with van der Waals surface area (Å²) in [6.07, 6.45) is -0.159. The predicted molar refractivity (Wildman–Crippen MR) is 72.2 cm³/mol. The van der Waals surface area contributed by atoms with Gasteiger partial charge in [-0.05, 0) is 65.2 Å². The summed E-state index contributed by atoms with van der Waals surface area (Å²) in [7, 11) is 0. The maximum absolute atomic E-state index is 12.5. The summed E-state index contributed by atoms with van der Waals surface area (Å²) in [5, 5.41) is 3.43. The smallest absolute Gasteiger partial charge is 0.314 e. The van der Waals surface area contributed by atoms with Crippen LogP contribution in [0.2, 0.25) is 0 Å². The second kappa shape index (κ2) is 8.10. The van der Waals surface area contributed by atoms with Gasteiger partial charge in [0.2, 0.25) is 0 Å². The fraction of sp³-hybridized carbons (Fsp3) is 1.00. The van der Waals surface area contributed by atoms with Crippen molar-refractivity contribution < 1.29 is 13.2 Å². The van der Waals surface area contributed by atoms with E-state index >= 15 is 0 Å². The van der Waals surface area contributed by atoms with E-state index in [9.17, 15) is 13.2 Å². The molecule has 1 unspecified atom stereocenters. The zero-order valence-electron chi connectivity index (χ0n) is 12.1. The molecule has 1 heterocycles. The highest BCUT2D eigenvalue weighted by atomic mass is 19.4. The summed E-state index contributed by atoms with van der Waals surface area (Å²) in [4.78, 5) is 2.18. The Bertz CT molecular complexity index is 235. The van der Waals surface area contributed by atoms with Gasteiger partial charge in [-0.3, -0.25) is 0 Å². The predicted octanol–water partition coefficient (Wildman–Crippen LogP) is 3.43. The number of piperidine rings is 1. The van der Waals surface area contributed by atoms with Gasteiger partial charge < -0.3 is 10.2 Å². The Kier molecular flexibility index (Phi) is 7.15. The van der Waals surface area contributed by atoms with E-state index in [0.717, 1.165) is 32.4 Å². The van der Waals surface area contributed by atoms with Crippen molar-refractivity contribution in [2.24, 2.45) is 5.92 Å². The first-order chi connectivity index (χ1) is 8.93. The Balaban J connectivity index is 2.10. The third kappa shape index (κ3) is 6.61. The molecule has 1 atom stereocenters. The quantitative estimate of drug-likeness (QED) is 0.768. The Morgan fingerprint density at radius 3 is 2.42 bits per heavy atom. The van der Waals surface area contributed by atoms with Crippen molar-refractivity contribution in [1.29, 1.82) is 0 Å². The highest BCUT2D eigenvalue weighted by Gasteiger charge is 2.40. The van der Waals surface area contributed by atoms with Crippen LogP contribution in [0.15, 0.2) is 0 Å². The van der Waals surface area contributed by atoms with Gasteiger partial charge >= 0.3 is 6.18 Å². The number of rotatable bonds is 7. The van der Waals surface area contributed by atoms with Crippen LogP contribution in [0.1, 0.15) is 46.0 Å². The van der Waals surface area contributed by atoms with E-state index in [-0.39, 0.29) is 12.8 Å². The molecule has 0 aromatic rings. The molecular formula is C14H27F3N2. The van der Waals surface area contributed by atoms with Gasteiger partial charge in [0.25, 0.3) is 0 Å². The average Bonchev–Trinajstić information content (AvgIpc) is 2.36. The fourth-order valence-corrected chi connectivity index (χ4v) is 2.60. The number of hydrogen-bond donors (Lipinski definition) is 1. The number of likely N-dealkylation sites (tertiary alicyclic amines) is 1. The van der Waals surface area contributed by atoms with E-state index in [0.29, 0.717) is 19.1 Å². The van der Waals surface area contributed by atoms with Gasteiger partial charge in [0, 0.05) is 6.04 Å². The number of alkyl halides is 3. The zero-order chi connectivity index (χ0) is 14.3. The van der Waals surface area contributed by atoms with Gasteiger partial charge in [-0.15, -0.1) is 0 Å². The summed E-state index contributed by atoms with van der Waals surface area (Å²) in [5.41, 5.74) is 0. The molecule has 0 amide bonds. The first-order valence-corrected chi connectivity index (χ1v) is 7.46. The molecule has 114 valence electrons. The van der Waals surface area contributed by atoms with Crippen LogP contribution in [0.4, 0.5) is 13.2 Å². The maximum Gasteiger partial charge on any atom is 0.391 e. The summed E-state index contributed by atoms with van der Waals surface area (Å²) < 4.78 is 37.6. The number of hydrogen-bond acceptors (Lipinski definition) is 2. The molecule has 1 fully saturated rings. The molecule has 1 saturated heterocycles. The second-order valence-electron chi connectivity index (χ2n) is 5.65. The summed E-state index contributed by atoms with van der Waals surface area (Å²) in [6.45, 7) is 7.48. The number of halogens is 3. The Hall–Kier alpha value is -0.290. The van der Waals surface area contributed by atoms with Gasteiger partial charge in [0.1, 0.15) is 0 Å². The molecule has 1 rings (SSSR count). The maximum atomic E-state index is 12.5. The third-order valence-electron chi connectivity index (χ3n) is 3.90. The minimum Gasteiger partial charge on any atom is -0.314 e. The lowest BCUT2D eigenvalue weighted by molar-refractivity contribution is -0.185. The molecular weight excluding hydrogens is 253 g/mol. The lowest BCUT2D eigenvalue weighted by Crippen LogP contribution is -2.39. The first kappa shape index (κ1) is 16.8. The van der Waals surface area contributed by atoms with Crippen LogP contribution >= 0.6 is 0 Å².